The van der Waals surface area contributed by atoms with Crippen molar-refractivity contribution in [1.82, 2.24) is 9.97 Å². The molecule has 0 amide bonds. The second kappa shape index (κ2) is 9.10. The number of rotatable bonds is 6. The lowest BCUT2D eigenvalue weighted by Gasteiger charge is -2.11. The first-order valence-corrected chi connectivity index (χ1v) is 10.9. The van der Waals surface area contributed by atoms with Crippen LogP contribution in [-0.2, 0) is 12.8 Å². The van der Waals surface area contributed by atoms with Crippen LogP contribution >= 0.6 is 0 Å². The minimum atomic E-state index is -4.62. The third-order valence-electron chi connectivity index (χ3n) is 5.60. The molecule has 1 aromatic heterocycles. The Bertz CT molecular complexity index is 1490. The highest BCUT2D eigenvalue weighted by atomic mass is 19.4. The van der Waals surface area contributed by atoms with Gasteiger partial charge in [-0.1, -0.05) is 48.5 Å². The van der Waals surface area contributed by atoms with Crippen LogP contribution in [0.3, 0.4) is 0 Å². The summed E-state index contributed by atoms with van der Waals surface area (Å²) >= 11 is 0. The minimum Gasteiger partial charge on any atom is -0.489 e. The van der Waals surface area contributed by atoms with E-state index in [1.807, 2.05) is 54.6 Å². The van der Waals surface area contributed by atoms with Crippen LogP contribution in [0, 0.1) is 0 Å². The predicted molar refractivity (Wildman–Crippen MR) is 127 cm³/mol. The molecule has 0 fully saturated rings. The van der Waals surface area contributed by atoms with Crippen LogP contribution in [0.15, 0.2) is 97.1 Å². The molecule has 4 nitrogen and oxygen atoms in total. The van der Waals surface area contributed by atoms with Crippen LogP contribution in [0.25, 0.3) is 22.4 Å². The van der Waals surface area contributed by atoms with E-state index in [9.17, 15) is 18.0 Å². The van der Waals surface area contributed by atoms with Crippen molar-refractivity contribution in [3.8, 4) is 17.1 Å². The number of ketones is 1. The quantitative estimate of drug-likeness (QED) is 0.269. The summed E-state index contributed by atoms with van der Waals surface area (Å²) in [5.41, 5.74) is 1.84. The molecule has 174 valence electrons. The number of imidazole rings is 1. The third kappa shape index (κ3) is 4.80. The van der Waals surface area contributed by atoms with E-state index in [4.69, 9.17) is 4.74 Å². The van der Waals surface area contributed by atoms with Crippen molar-refractivity contribution in [1.29, 1.82) is 0 Å². The molecular weight excluding hydrogens is 453 g/mol. The molecule has 5 aromatic rings. The van der Waals surface area contributed by atoms with Gasteiger partial charge in [0.1, 0.15) is 18.2 Å². The summed E-state index contributed by atoms with van der Waals surface area (Å²) in [6.07, 6.45) is -4.62. The molecule has 0 saturated heterocycles. The Morgan fingerprint density at radius 3 is 2.31 bits per heavy atom. The Balaban J connectivity index is 1.37. The molecule has 0 radical (unpaired) electrons. The third-order valence-corrected chi connectivity index (χ3v) is 5.60. The molecular formula is C28H19F3N2O2. The molecule has 0 saturated carbocycles. The molecule has 0 aliphatic heterocycles. The maximum absolute atomic E-state index is 13.4. The van der Waals surface area contributed by atoms with Crippen molar-refractivity contribution >= 4 is 16.8 Å². The first-order chi connectivity index (χ1) is 16.9. The van der Waals surface area contributed by atoms with Gasteiger partial charge in [0.15, 0.2) is 5.78 Å². The summed E-state index contributed by atoms with van der Waals surface area (Å²) in [6.45, 7) is 0.457. The number of carbonyl (C=O) groups excluding carboxylic acids is 1. The molecule has 7 heteroatoms. The molecule has 35 heavy (non-hydrogen) atoms. The summed E-state index contributed by atoms with van der Waals surface area (Å²) in [7, 11) is 0. The Morgan fingerprint density at radius 1 is 0.857 bits per heavy atom. The number of alkyl halides is 3. The smallest absolute Gasteiger partial charge is 0.417 e. The topological polar surface area (TPSA) is 55.0 Å². The van der Waals surface area contributed by atoms with Gasteiger partial charge < -0.3 is 9.72 Å². The van der Waals surface area contributed by atoms with E-state index < -0.39 is 17.5 Å². The van der Waals surface area contributed by atoms with Crippen molar-refractivity contribution in [2.24, 2.45) is 0 Å². The number of benzene rings is 4. The zero-order valence-corrected chi connectivity index (χ0v) is 18.3. The second-order valence-electron chi connectivity index (χ2n) is 7.99. The highest BCUT2D eigenvalue weighted by Crippen LogP contribution is 2.33. The van der Waals surface area contributed by atoms with E-state index in [1.165, 1.54) is 30.3 Å². The molecule has 1 N–H and O–H groups in total. The van der Waals surface area contributed by atoms with Crippen LogP contribution in [-0.4, -0.2) is 15.8 Å². The van der Waals surface area contributed by atoms with E-state index in [0.29, 0.717) is 29.2 Å². The molecule has 0 aliphatic rings. The number of aromatic nitrogens is 2. The van der Waals surface area contributed by atoms with Gasteiger partial charge in [-0.15, -0.1) is 0 Å². The average molecular weight is 472 g/mol. The van der Waals surface area contributed by atoms with E-state index >= 15 is 0 Å². The van der Waals surface area contributed by atoms with Crippen LogP contribution in [0.1, 0.15) is 27.0 Å². The molecule has 0 aliphatic carbocycles. The van der Waals surface area contributed by atoms with Gasteiger partial charge in [-0.3, -0.25) is 4.79 Å². The first-order valence-electron chi connectivity index (χ1n) is 10.9. The number of halogens is 3. The zero-order valence-electron chi connectivity index (χ0n) is 18.3. The van der Waals surface area contributed by atoms with E-state index in [-0.39, 0.29) is 11.1 Å². The lowest BCUT2D eigenvalue weighted by molar-refractivity contribution is -0.137. The number of aromatic amines is 1. The first kappa shape index (κ1) is 22.4. The average Bonchev–Trinajstić information content (AvgIpc) is 3.31. The predicted octanol–water partition coefficient (Wildman–Crippen LogP) is 7.06. The van der Waals surface area contributed by atoms with Crippen LogP contribution in [0.2, 0.25) is 0 Å². The van der Waals surface area contributed by atoms with Crippen LogP contribution in [0.5, 0.6) is 5.75 Å². The molecule has 0 atom stereocenters. The minimum absolute atomic E-state index is 0.147. The van der Waals surface area contributed by atoms with Gasteiger partial charge in [0, 0.05) is 16.7 Å². The SMILES string of the molecule is O=C(c1ccc2nc(-c3ccc(OCc4ccccc4)cc3)[nH]c2c1)c1ccccc1C(F)(F)F. The van der Waals surface area contributed by atoms with Gasteiger partial charge in [-0.05, 0) is 54.1 Å². The summed E-state index contributed by atoms with van der Waals surface area (Å²) < 4.78 is 45.9. The van der Waals surface area contributed by atoms with Gasteiger partial charge in [-0.25, -0.2) is 4.98 Å². The number of ether oxygens (including phenoxy) is 1. The van der Waals surface area contributed by atoms with Gasteiger partial charge >= 0.3 is 6.18 Å². The lowest BCUT2D eigenvalue weighted by atomic mass is 9.98. The lowest BCUT2D eigenvalue weighted by Crippen LogP contribution is -2.13. The molecule has 1 heterocycles. The maximum atomic E-state index is 13.4. The fourth-order valence-corrected chi connectivity index (χ4v) is 3.82. The second-order valence-corrected chi connectivity index (χ2v) is 7.99. The number of hydrogen-bond donors (Lipinski definition) is 1. The Labute approximate surface area is 199 Å². The van der Waals surface area contributed by atoms with Gasteiger partial charge in [-0.2, -0.15) is 13.2 Å². The van der Waals surface area contributed by atoms with Crippen molar-refractivity contribution in [2.75, 3.05) is 0 Å². The zero-order chi connectivity index (χ0) is 24.4. The molecule has 0 spiro atoms. The van der Waals surface area contributed by atoms with Gasteiger partial charge in [0.25, 0.3) is 0 Å². The normalized spacial score (nSPS) is 11.5. The molecule has 5 rings (SSSR count). The van der Waals surface area contributed by atoms with Crippen LogP contribution < -0.4 is 4.74 Å². The fourth-order valence-electron chi connectivity index (χ4n) is 3.82. The molecule has 0 bridgehead atoms. The largest absolute Gasteiger partial charge is 0.489 e. The van der Waals surface area contributed by atoms with Gasteiger partial charge in [0.2, 0.25) is 0 Å². The fraction of sp³-hybridized carbons (Fsp3) is 0.0714. The van der Waals surface area contributed by atoms with Crippen molar-refractivity contribution in [3.63, 3.8) is 0 Å². The van der Waals surface area contributed by atoms with Crippen molar-refractivity contribution in [2.45, 2.75) is 12.8 Å². The number of hydrogen-bond acceptors (Lipinski definition) is 3. The summed E-state index contributed by atoms with van der Waals surface area (Å²) in [6, 6.07) is 26.7. The van der Waals surface area contributed by atoms with E-state index in [1.54, 1.807) is 6.07 Å². The van der Waals surface area contributed by atoms with Crippen LogP contribution in [0.4, 0.5) is 13.2 Å². The van der Waals surface area contributed by atoms with Gasteiger partial charge in [0.05, 0.1) is 16.6 Å². The number of nitrogens with zero attached hydrogens (tertiary/aromatic N) is 1. The van der Waals surface area contributed by atoms with Crippen molar-refractivity contribution < 1.29 is 22.7 Å². The monoisotopic (exact) mass is 472 g/mol. The van der Waals surface area contributed by atoms with Crippen molar-refractivity contribution in [3.05, 3.63) is 119 Å². The summed E-state index contributed by atoms with van der Waals surface area (Å²) in [4.78, 5) is 20.6. The highest BCUT2D eigenvalue weighted by molar-refractivity contribution is 6.11. The van der Waals surface area contributed by atoms with E-state index in [2.05, 4.69) is 9.97 Å². The van der Waals surface area contributed by atoms with E-state index in [0.717, 1.165) is 17.2 Å². The number of nitrogens with one attached hydrogen (secondary N) is 1. The molecule has 4 aromatic carbocycles. The number of H-pyrrole nitrogens is 1. The number of carbonyl (C=O) groups is 1. The Kier molecular flexibility index (Phi) is 5.82. The highest BCUT2D eigenvalue weighted by Gasteiger charge is 2.35. The summed E-state index contributed by atoms with van der Waals surface area (Å²) in [5.74, 6) is 0.593. The standard InChI is InChI=1S/C28H19F3N2O2/c29-28(30,31)23-9-5-4-8-22(23)26(34)20-12-15-24-25(16-20)33-27(32-24)19-10-13-21(14-11-19)35-17-18-6-2-1-3-7-18/h1-16H,17H2,(H,32,33). The summed E-state index contributed by atoms with van der Waals surface area (Å²) in [5, 5.41) is 0. The Hall–Kier alpha value is -4.39. The Morgan fingerprint density at radius 2 is 1.57 bits per heavy atom. The maximum Gasteiger partial charge on any atom is 0.417 e. The molecule has 0 unspecified atom stereocenters. The number of fused-ring (bicyclic) bond motifs is 1.